The van der Waals surface area contributed by atoms with Crippen LogP contribution < -0.4 is 25.4 Å². The molecule has 0 bridgehead atoms. The molecule has 0 aliphatic carbocycles. The lowest BCUT2D eigenvalue weighted by Gasteiger charge is -2.09. The van der Waals surface area contributed by atoms with E-state index in [1.807, 2.05) is 48.5 Å². The van der Waals surface area contributed by atoms with E-state index in [1.54, 1.807) is 14.2 Å². The standard InChI is InChI=1S/C25H35N3O6/c1-31-22-10-6-20(7-11-22)18-33-24(29)27-16-4-3-14-26-15-5-17-28-25(30)34-19-21-8-12-23(32-2)13-9-21/h6-13,26H,3-5,14-19H2,1-2H3,(H,27,29)(H,28,30). The van der Waals surface area contributed by atoms with E-state index in [0.717, 1.165) is 55.0 Å². The van der Waals surface area contributed by atoms with E-state index in [2.05, 4.69) is 16.0 Å². The van der Waals surface area contributed by atoms with Crippen LogP contribution in [0, 0.1) is 0 Å². The largest absolute Gasteiger partial charge is 0.497 e. The number of hydrogen-bond donors (Lipinski definition) is 3. The molecule has 0 unspecified atom stereocenters. The van der Waals surface area contributed by atoms with E-state index < -0.39 is 12.2 Å². The Morgan fingerprint density at radius 1 is 0.618 bits per heavy atom. The van der Waals surface area contributed by atoms with Gasteiger partial charge < -0.3 is 34.9 Å². The zero-order chi connectivity index (χ0) is 24.4. The first-order valence-electron chi connectivity index (χ1n) is 11.4. The molecule has 0 atom stereocenters. The third-order valence-corrected chi connectivity index (χ3v) is 4.91. The normalized spacial score (nSPS) is 10.3. The molecular formula is C25H35N3O6. The molecule has 34 heavy (non-hydrogen) atoms. The SMILES string of the molecule is COc1ccc(COC(=O)NCCCCNCCCNC(=O)OCc2ccc(OC)cc2)cc1. The van der Waals surface area contributed by atoms with Gasteiger partial charge in [0.15, 0.2) is 0 Å². The highest BCUT2D eigenvalue weighted by atomic mass is 16.6. The van der Waals surface area contributed by atoms with E-state index in [-0.39, 0.29) is 13.2 Å². The molecule has 0 spiro atoms. The Labute approximate surface area is 201 Å². The number of carbonyl (C=O) groups is 2. The Morgan fingerprint density at radius 2 is 1.03 bits per heavy atom. The Morgan fingerprint density at radius 3 is 1.50 bits per heavy atom. The number of ether oxygens (including phenoxy) is 4. The number of amides is 2. The monoisotopic (exact) mass is 473 g/mol. The van der Waals surface area contributed by atoms with Crippen molar-refractivity contribution in [1.29, 1.82) is 0 Å². The summed E-state index contributed by atoms with van der Waals surface area (Å²) in [5.74, 6) is 1.53. The molecule has 9 heteroatoms. The third-order valence-electron chi connectivity index (χ3n) is 4.91. The number of hydrogen-bond acceptors (Lipinski definition) is 7. The van der Waals surface area contributed by atoms with Crippen LogP contribution in [0.15, 0.2) is 48.5 Å². The lowest BCUT2D eigenvalue weighted by molar-refractivity contribution is 0.138. The Balaban J connectivity index is 1.38. The minimum atomic E-state index is -0.430. The van der Waals surface area contributed by atoms with E-state index in [0.29, 0.717) is 13.1 Å². The van der Waals surface area contributed by atoms with E-state index in [1.165, 1.54) is 0 Å². The van der Waals surface area contributed by atoms with Crippen molar-refractivity contribution in [1.82, 2.24) is 16.0 Å². The van der Waals surface area contributed by atoms with Crippen molar-refractivity contribution < 1.29 is 28.5 Å². The first kappa shape index (κ1) is 26.8. The summed E-state index contributed by atoms with van der Waals surface area (Å²) in [5.41, 5.74) is 1.80. The fourth-order valence-corrected chi connectivity index (χ4v) is 2.94. The smallest absolute Gasteiger partial charge is 0.407 e. The van der Waals surface area contributed by atoms with E-state index >= 15 is 0 Å². The van der Waals surface area contributed by atoms with Crippen molar-refractivity contribution in [2.24, 2.45) is 0 Å². The Bertz CT molecular complexity index is 771. The van der Waals surface area contributed by atoms with Crippen LogP contribution in [-0.2, 0) is 22.7 Å². The first-order valence-corrected chi connectivity index (χ1v) is 11.4. The van der Waals surface area contributed by atoms with Crippen LogP contribution in [0.2, 0.25) is 0 Å². The molecule has 9 nitrogen and oxygen atoms in total. The van der Waals surface area contributed by atoms with Crippen molar-refractivity contribution in [2.45, 2.75) is 32.5 Å². The number of rotatable bonds is 15. The topological polar surface area (TPSA) is 107 Å². The highest BCUT2D eigenvalue weighted by Gasteiger charge is 2.04. The molecule has 3 N–H and O–H groups in total. The van der Waals surface area contributed by atoms with Crippen molar-refractivity contribution >= 4 is 12.2 Å². The van der Waals surface area contributed by atoms with Gasteiger partial charge in [-0.2, -0.15) is 0 Å². The molecule has 0 heterocycles. The second-order valence-electron chi connectivity index (χ2n) is 7.51. The van der Waals surface area contributed by atoms with Crippen molar-refractivity contribution in [3.05, 3.63) is 59.7 Å². The molecular weight excluding hydrogens is 438 g/mol. The Kier molecular flexibility index (Phi) is 12.8. The van der Waals surface area contributed by atoms with Crippen LogP contribution in [-0.4, -0.2) is 52.6 Å². The molecule has 0 aromatic heterocycles. The maximum absolute atomic E-state index is 11.7. The van der Waals surface area contributed by atoms with Gasteiger partial charge in [-0.1, -0.05) is 24.3 Å². The molecule has 2 rings (SSSR count). The number of carbonyl (C=O) groups excluding carboxylic acids is 2. The highest BCUT2D eigenvalue weighted by molar-refractivity contribution is 5.67. The van der Waals surface area contributed by atoms with Crippen LogP contribution >= 0.6 is 0 Å². The number of unbranched alkanes of at least 4 members (excludes halogenated alkanes) is 1. The summed E-state index contributed by atoms with van der Waals surface area (Å²) in [5, 5.41) is 8.80. The molecule has 2 amide bonds. The van der Waals surface area contributed by atoms with E-state index in [9.17, 15) is 9.59 Å². The zero-order valence-corrected chi connectivity index (χ0v) is 19.9. The first-order chi connectivity index (χ1) is 16.6. The van der Waals surface area contributed by atoms with Gasteiger partial charge in [0, 0.05) is 13.1 Å². The molecule has 0 aliphatic rings. The molecule has 0 aliphatic heterocycles. The van der Waals surface area contributed by atoms with Gasteiger partial charge >= 0.3 is 12.2 Å². The fraction of sp³-hybridized carbons (Fsp3) is 0.440. The van der Waals surface area contributed by atoms with E-state index in [4.69, 9.17) is 18.9 Å². The van der Waals surface area contributed by atoms with Gasteiger partial charge in [0.2, 0.25) is 0 Å². The van der Waals surface area contributed by atoms with Crippen LogP contribution in [0.4, 0.5) is 9.59 Å². The van der Waals surface area contributed by atoms with Crippen LogP contribution in [0.1, 0.15) is 30.4 Å². The fourth-order valence-electron chi connectivity index (χ4n) is 2.94. The summed E-state index contributed by atoms with van der Waals surface area (Å²) in [6.45, 7) is 3.17. The van der Waals surface area contributed by atoms with Crippen molar-refractivity contribution in [2.75, 3.05) is 40.4 Å². The summed E-state index contributed by atoms with van der Waals surface area (Å²) in [4.78, 5) is 23.5. The summed E-state index contributed by atoms with van der Waals surface area (Å²) in [6.07, 6.45) is 1.72. The Hall–Kier alpha value is -3.46. The average Bonchev–Trinajstić information content (AvgIpc) is 2.87. The molecule has 0 saturated heterocycles. The average molecular weight is 474 g/mol. The number of benzene rings is 2. The van der Waals surface area contributed by atoms with Crippen LogP contribution in [0.5, 0.6) is 11.5 Å². The summed E-state index contributed by atoms with van der Waals surface area (Å²) in [7, 11) is 3.22. The molecule has 0 radical (unpaired) electrons. The number of nitrogens with one attached hydrogen (secondary N) is 3. The van der Waals surface area contributed by atoms with Crippen molar-refractivity contribution in [3.8, 4) is 11.5 Å². The summed E-state index contributed by atoms with van der Waals surface area (Å²) in [6, 6.07) is 14.7. The van der Waals surface area contributed by atoms with Gasteiger partial charge in [-0.25, -0.2) is 9.59 Å². The van der Waals surface area contributed by atoms with Crippen LogP contribution in [0.3, 0.4) is 0 Å². The molecule has 186 valence electrons. The zero-order valence-electron chi connectivity index (χ0n) is 19.9. The van der Waals surface area contributed by atoms with Gasteiger partial charge in [-0.3, -0.25) is 0 Å². The molecule has 0 fully saturated rings. The lowest BCUT2D eigenvalue weighted by Crippen LogP contribution is -2.28. The van der Waals surface area contributed by atoms with Gasteiger partial charge in [0.05, 0.1) is 14.2 Å². The van der Waals surface area contributed by atoms with Crippen LogP contribution in [0.25, 0.3) is 0 Å². The number of alkyl carbamates (subject to hydrolysis) is 2. The predicted molar refractivity (Wildman–Crippen MR) is 129 cm³/mol. The number of methoxy groups -OCH3 is 2. The van der Waals surface area contributed by atoms with Gasteiger partial charge in [-0.05, 0) is 67.7 Å². The molecule has 2 aromatic rings. The van der Waals surface area contributed by atoms with Gasteiger partial charge in [0.25, 0.3) is 0 Å². The maximum Gasteiger partial charge on any atom is 0.407 e. The van der Waals surface area contributed by atoms with Gasteiger partial charge in [-0.15, -0.1) is 0 Å². The second-order valence-corrected chi connectivity index (χ2v) is 7.51. The quantitative estimate of drug-likeness (QED) is 0.339. The minimum Gasteiger partial charge on any atom is -0.497 e. The summed E-state index contributed by atoms with van der Waals surface area (Å²) < 4.78 is 20.6. The van der Waals surface area contributed by atoms with Gasteiger partial charge in [0.1, 0.15) is 24.7 Å². The minimum absolute atomic E-state index is 0.219. The van der Waals surface area contributed by atoms with Crippen molar-refractivity contribution in [3.63, 3.8) is 0 Å². The summed E-state index contributed by atoms with van der Waals surface area (Å²) >= 11 is 0. The second kappa shape index (κ2) is 16.2. The predicted octanol–water partition coefficient (Wildman–Crippen LogP) is 3.62. The molecule has 0 saturated carbocycles. The molecule has 2 aromatic carbocycles. The maximum atomic E-state index is 11.7. The third kappa shape index (κ3) is 11.4. The lowest BCUT2D eigenvalue weighted by atomic mass is 10.2. The highest BCUT2D eigenvalue weighted by Crippen LogP contribution is 2.12.